The van der Waals surface area contributed by atoms with Crippen molar-refractivity contribution in [1.29, 1.82) is 0 Å². The van der Waals surface area contributed by atoms with E-state index in [0.717, 1.165) is 18.8 Å². The molecule has 1 aliphatic rings. The molecular weight excluding hydrogens is 277 g/mol. The summed E-state index contributed by atoms with van der Waals surface area (Å²) < 4.78 is 14.0. The van der Waals surface area contributed by atoms with E-state index in [1.54, 1.807) is 24.3 Å². The Hall–Kier alpha value is -2.31. The van der Waals surface area contributed by atoms with E-state index < -0.39 is 11.4 Å². The van der Waals surface area contributed by atoms with E-state index >= 15 is 0 Å². The minimum absolute atomic E-state index is 0.103. The fourth-order valence-electron chi connectivity index (χ4n) is 2.96. The molecule has 1 saturated heterocycles. The number of halogens is 1. The summed E-state index contributed by atoms with van der Waals surface area (Å²) in [5.41, 5.74) is -0.0434. The van der Waals surface area contributed by atoms with Crippen LogP contribution in [0.15, 0.2) is 48.5 Å². The quantitative estimate of drug-likeness (QED) is 0.878. The van der Waals surface area contributed by atoms with Gasteiger partial charge in [0.25, 0.3) is 0 Å². The van der Waals surface area contributed by atoms with Crippen LogP contribution in [0.3, 0.4) is 0 Å². The molecule has 112 valence electrons. The van der Waals surface area contributed by atoms with Gasteiger partial charge in [-0.3, -0.25) is 0 Å². The minimum atomic E-state index is -1.76. The van der Waals surface area contributed by atoms with Gasteiger partial charge in [0.15, 0.2) is 5.60 Å². The first-order valence-corrected chi connectivity index (χ1v) is 7.46. The molecule has 1 unspecified atom stereocenters. The van der Waals surface area contributed by atoms with Crippen molar-refractivity contribution in [2.75, 3.05) is 18.0 Å². The maximum absolute atomic E-state index is 14.0. The Bertz CT molecular complexity index is 698. The van der Waals surface area contributed by atoms with Crippen molar-refractivity contribution in [2.45, 2.75) is 18.4 Å². The largest absolute Gasteiger partial charge is 0.372 e. The van der Waals surface area contributed by atoms with Gasteiger partial charge in [-0.05, 0) is 31.0 Å². The zero-order valence-electron chi connectivity index (χ0n) is 12.3. The lowest BCUT2D eigenvalue weighted by atomic mass is 9.86. The Kier molecular flexibility index (Phi) is 3.87. The van der Waals surface area contributed by atoms with Gasteiger partial charge in [0.1, 0.15) is 5.82 Å². The number of rotatable bonds is 3. The van der Waals surface area contributed by atoms with Crippen LogP contribution in [0.4, 0.5) is 10.1 Å². The Labute approximate surface area is 130 Å². The van der Waals surface area contributed by atoms with Gasteiger partial charge in [-0.2, -0.15) is 0 Å². The second-order valence-electron chi connectivity index (χ2n) is 5.58. The van der Waals surface area contributed by atoms with E-state index in [0.29, 0.717) is 5.56 Å². The molecule has 1 heterocycles. The maximum Gasteiger partial charge on any atom is 0.179 e. The highest BCUT2D eigenvalue weighted by Crippen LogP contribution is 2.32. The van der Waals surface area contributed by atoms with Crippen LogP contribution in [0.5, 0.6) is 0 Å². The second kappa shape index (κ2) is 5.82. The van der Waals surface area contributed by atoms with Crippen LogP contribution in [0, 0.1) is 18.2 Å². The summed E-state index contributed by atoms with van der Waals surface area (Å²) in [7, 11) is 0. The number of nitrogens with zero attached hydrogens (tertiary/aromatic N) is 1. The van der Waals surface area contributed by atoms with Gasteiger partial charge >= 0.3 is 0 Å². The van der Waals surface area contributed by atoms with Crippen molar-refractivity contribution in [3.63, 3.8) is 0 Å². The molecule has 1 atom stereocenters. The summed E-state index contributed by atoms with van der Waals surface area (Å²) in [5, 5.41) is 10.8. The van der Waals surface area contributed by atoms with Crippen LogP contribution < -0.4 is 4.90 Å². The van der Waals surface area contributed by atoms with Gasteiger partial charge in [-0.1, -0.05) is 36.3 Å². The van der Waals surface area contributed by atoms with Crippen LogP contribution in [0.1, 0.15) is 24.0 Å². The molecular formula is C19H18FNO. The summed E-state index contributed by atoms with van der Waals surface area (Å²) in [6.07, 6.45) is 7.92. The van der Waals surface area contributed by atoms with E-state index in [2.05, 4.69) is 10.8 Å². The van der Waals surface area contributed by atoms with Crippen molar-refractivity contribution >= 4 is 5.69 Å². The number of hydrogen-bond donors (Lipinski definition) is 1. The number of anilines is 1. The predicted molar refractivity (Wildman–Crippen MR) is 86.1 cm³/mol. The molecule has 0 bridgehead atoms. The molecule has 1 aliphatic heterocycles. The predicted octanol–water partition coefficient (Wildman–Crippen LogP) is 3.30. The average Bonchev–Trinajstić information content (AvgIpc) is 3.09. The number of aliphatic hydroxyl groups is 1. The lowest BCUT2D eigenvalue weighted by Gasteiger charge is -2.25. The van der Waals surface area contributed by atoms with Gasteiger partial charge in [0, 0.05) is 29.9 Å². The van der Waals surface area contributed by atoms with Crippen molar-refractivity contribution in [1.82, 2.24) is 0 Å². The Balaban J connectivity index is 1.97. The van der Waals surface area contributed by atoms with Crippen LogP contribution in [0.25, 0.3) is 0 Å². The van der Waals surface area contributed by atoms with E-state index in [9.17, 15) is 9.50 Å². The normalized spacial score (nSPS) is 17.0. The third-order valence-electron chi connectivity index (χ3n) is 4.23. The van der Waals surface area contributed by atoms with Crippen LogP contribution in [-0.4, -0.2) is 18.2 Å². The third kappa shape index (κ3) is 2.47. The molecule has 3 heteroatoms. The fraction of sp³-hybridized carbons (Fsp3) is 0.263. The molecule has 2 aromatic rings. The first kappa shape index (κ1) is 14.6. The van der Waals surface area contributed by atoms with E-state index in [1.807, 2.05) is 12.1 Å². The van der Waals surface area contributed by atoms with Gasteiger partial charge in [-0.15, -0.1) is 6.42 Å². The standard InChI is InChI=1S/C19H18FNO/c1-2-19(22,17-7-3-4-8-18(17)20)15-9-11-16(12-10-15)21-13-5-6-14-21/h1,3-4,7-12,22H,5-6,13-14H2. The highest BCUT2D eigenvalue weighted by Gasteiger charge is 2.32. The van der Waals surface area contributed by atoms with E-state index in [-0.39, 0.29) is 5.56 Å². The fourth-order valence-corrected chi connectivity index (χ4v) is 2.96. The van der Waals surface area contributed by atoms with Crippen LogP contribution >= 0.6 is 0 Å². The lowest BCUT2D eigenvalue weighted by molar-refractivity contribution is 0.141. The minimum Gasteiger partial charge on any atom is -0.372 e. The SMILES string of the molecule is C#CC(O)(c1ccc(N2CCCC2)cc1)c1ccccc1F. The molecule has 0 aromatic heterocycles. The molecule has 0 aliphatic carbocycles. The summed E-state index contributed by atoms with van der Waals surface area (Å²) in [5.74, 6) is 1.84. The van der Waals surface area contributed by atoms with Crippen molar-refractivity contribution in [3.05, 3.63) is 65.5 Å². The van der Waals surface area contributed by atoms with E-state index in [4.69, 9.17) is 6.42 Å². The molecule has 2 nitrogen and oxygen atoms in total. The molecule has 0 spiro atoms. The summed E-state index contributed by atoms with van der Waals surface area (Å²) in [6.45, 7) is 2.10. The molecule has 0 amide bonds. The highest BCUT2D eigenvalue weighted by atomic mass is 19.1. The molecule has 1 fully saturated rings. The summed E-state index contributed by atoms with van der Waals surface area (Å²) >= 11 is 0. The topological polar surface area (TPSA) is 23.5 Å². The molecule has 1 N–H and O–H groups in total. The average molecular weight is 295 g/mol. The number of benzene rings is 2. The molecule has 0 radical (unpaired) electrons. The Morgan fingerprint density at radius 2 is 1.68 bits per heavy atom. The first-order valence-electron chi connectivity index (χ1n) is 7.46. The van der Waals surface area contributed by atoms with Crippen molar-refractivity contribution in [2.24, 2.45) is 0 Å². The Morgan fingerprint density at radius 1 is 1.05 bits per heavy atom. The van der Waals surface area contributed by atoms with Crippen LogP contribution in [-0.2, 0) is 5.60 Å². The monoisotopic (exact) mass is 295 g/mol. The molecule has 0 saturated carbocycles. The summed E-state index contributed by atoms with van der Waals surface area (Å²) in [4.78, 5) is 2.29. The molecule has 2 aromatic carbocycles. The summed E-state index contributed by atoms with van der Waals surface area (Å²) in [6, 6.07) is 13.5. The van der Waals surface area contributed by atoms with Crippen LogP contribution in [0.2, 0.25) is 0 Å². The van der Waals surface area contributed by atoms with Crippen molar-refractivity contribution < 1.29 is 9.50 Å². The van der Waals surface area contributed by atoms with Gasteiger partial charge in [0.2, 0.25) is 0 Å². The van der Waals surface area contributed by atoms with Gasteiger partial charge < -0.3 is 10.0 Å². The van der Waals surface area contributed by atoms with Crippen molar-refractivity contribution in [3.8, 4) is 12.3 Å². The lowest BCUT2D eigenvalue weighted by Crippen LogP contribution is -2.26. The molecule has 22 heavy (non-hydrogen) atoms. The molecule has 3 rings (SSSR count). The Morgan fingerprint density at radius 3 is 2.27 bits per heavy atom. The second-order valence-corrected chi connectivity index (χ2v) is 5.58. The smallest absolute Gasteiger partial charge is 0.179 e. The van der Waals surface area contributed by atoms with E-state index in [1.165, 1.54) is 25.0 Å². The first-order chi connectivity index (χ1) is 10.6. The van der Waals surface area contributed by atoms with Gasteiger partial charge in [0.05, 0.1) is 0 Å². The zero-order chi connectivity index (χ0) is 15.6. The number of terminal acetylenes is 1. The highest BCUT2D eigenvalue weighted by molar-refractivity contribution is 5.52. The third-order valence-corrected chi connectivity index (χ3v) is 4.23. The van der Waals surface area contributed by atoms with Gasteiger partial charge in [-0.25, -0.2) is 4.39 Å². The maximum atomic E-state index is 14.0. The zero-order valence-corrected chi connectivity index (χ0v) is 12.3. The number of hydrogen-bond acceptors (Lipinski definition) is 2.